The van der Waals surface area contributed by atoms with Crippen molar-refractivity contribution in [2.24, 2.45) is 0 Å². The molecule has 0 aliphatic carbocycles. The first-order chi connectivity index (χ1) is 13.4. The van der Waals surface area contributed by atoms with Crippen molar-refractivity contribution >= 4 is 28.9 Å². The summed E-state index contributed by atoms with van der Waals surface area (Å²) in [5.74, 6) is 0.0868. The van der Waals surface area contributed by atoms with Gasteiger partial charge in [0.05, 0.1) is 17.7 Å². The number of benzene rings is 2. The third-order valence-electron chi connectivity index (χ3n) is 4.30. The summed E-state index contributed by atoms with van der Waals surface area (Å²) in [5, 5.41) is 13.7. The van der Waals surface area contributed by atoms with E-state index in [1.807, 2.05) is 6.07 Å². The second-order valence-corrected chi connectivity index (χ2v) is 6.16. The molecule has 0 fully saturated rings. The van der Waals surface area contributed by atoms with Crippen LogP contribution in [0.2, 0.25) is 0 Å². The predicted octanol–water partition coefficient (Wildman–Crippen LogP) is 2.75. The lowest BCUT2D eigenvalue weighted by molar-refractivity contribution is -0.385. The number of carbonyl (C=O) groups is 2. The van der Waals surface area contributed by atoms with Crippen molar-refractivity contribution in [2.45, 2.75) is 19.4 Å². The summed E-state index contributed by atoms with van der Waals surface area (Å²) >= 11 is 0. The maximum Gasteiger partial charge on any atom is 0.312 e. The molecule has 1 aliphatic rings. The Labute approximate surface area is 161 Å². The topological polar surface area (TPSA) is 111 Å². The first-order valence-electron chi connectivity index (χ1n) is 8.60. The second-order valence-electron chi connectivity index (χ2n) is 6.16. The minimum Gasteiger partial charge on any atom is -0.490 e. The number of fused-ring (bicyclic) bond motifs is 1. The average Bonchev–Trinajstić information content (AvgIpc) is 2.68. The highest BCUT2D eigenvalue weighted by Crippen LogP contribution is 2.34. The summed E-state index contributed by atoms with van der Waals surface area (Å²) in [5.41, 5.74) is 0.643. The number of nitrogens with zero attached hydrogens (tertiary/aromatic N) is 2. The molecule has 1 atom stereocenters. The molecule has 28 heavy (non-hydrogen) atoms. The summed E-state index contributed by atoms with van der Waals surface area (Å²) in [7, 11) is 1.33. The van der Waals surface area contributed by atoms with Crippen LogP contribution in [0.1, 0.15) is 13.3 Å². The molecule has 146 valence electrons. The normalized spacial score (nSPS) is 15.4. The summed E-state index contributed by atoms with van der Waals surface area (Å²) in [6, 6.07) is 11.3. The molecule has 2 aromatic carbocycles. The maximum absolute atomic E-state index is 12.4. The van der Waals surface area contributed by atoms with Crippen molar-refractivity contribution in [2.75, 3.05) is 23.9 Å². The molecule has 3 rings (SSSR count). The SMILES string of the molecule is COc1ccc(NC(=O)CCN2C(=O)C(C)Oc3ccccc32)cc1[N+](=O)[O-]. The fourth-order valence-corrected chi connectivity index (χ4v) is 2.94. The van der Waals surface area contributed by atoms with Gasteiger partial charge in [0, 0.05) is 24.7 Å². The van der Waals surface area contributed by atoms with Crippen LogP contribution in [0.25, 0.3) is 0 Å². The van der Waals surface area contributed by atoms with Crippen molar-refractivity contribution < 1.29 is 24.0 Å². The van der Waals surface area contributed by atoms with Crippen molar-refractivity contribution in [1.82, 2.24) is 0 Å². The molecule has 0 radical (unpaired) electrons. The fourth-order valence-electron chi connectivity index (χ4n) is 2.94. The van der Waals surface area contributed by atoms with Crippen molar-refractivity contribution in [3.05, 3.63) is 52.6 Å². The van der Waals surface area contributed by atoms with Crippen LogP contribution in [0.15, 0.2) is 42.5 Å². The Morgan fingerprint density at radius 3 is 2.79 bits per heavy atom. The zero-order valence-electron chi connectivity index (χ0n) is 15.4. The number of para-hydroxylation sites is 2. The molecular formula is C19H19N3O6. The number of ether oxygens (including phenoxy) is 2. The number of carbonyl (C=O) groups excluding carboxylic acids is 2. The highest BCUT2D eigenvalue weighted by Gasteiger charge is 2.31. The van der Waals surface area contributed by atoms with Crippen LogP contribution in [0.4, 0.5) is 17.1 Å². The number of rotatable bonds is 6. The lowest BCUT2D eigenvalue weighted by Crippen LogP contribution is -2.45. The van der Waals surface area contributed by atoms with E-state index in [4.69, 9.17) is 9.47 Å². The molecular weight excluding hydrogens is 366 g/mol. The number of hydrogen-bond acceptors (Lipinski definition) is 6. The predicted molar refractivity (Wildman–Crippen MR) is 102 cm³/mol. The van der Waals surface area contributed by atoms with Gasteiger partial charge in [0.25, 0.3) is 5.91 Å². The van der Waals surface area contributed by atoms with Gasteiger partial charge in [-0.2, -0.15) is 0 Å². The second kappa shape index (κ2) is 7.95. The van der Waals surface area contributed by atoms with E-state index >= 15 is 0 Å². The molecule has 0 spiro atoms. The molecule has 9 nitrogen and oxygen atoms in total. The number of methoxy groups -OCH3 is 1. The van der Waals surface area contributed by atoms with E-state index in [9.17, 15) is 19.7 Å². The number of nitro benzene ring substituents is 1. The smallest absolute Gasteiger partial charge is 0.312 e. The minimum absolute atomic E-state index is 0.0205. The first-order valence-corrected chi connectivity index (χ1v) is 8.60. The Balaban J connectivity index is 1.69. The van der Waals surface area contributed by atoms with Crippen LogP contribution >= 0.6 is 0 Å². The summed E-state index contributed by atoms with van der Waals surface area (Å²) in [6.07, 6.45) is -0.616. The van der Waals surface area contributed by atoms with E-state index in [0.717, 1.165) is 0 Å². The molecule has 0 saturated carbocycles. The summed E-state index contributed by atoms with van der Waals surface area (Å²) in [4.78, 5) is 36.8. The van der Waals surface area contributed by atoms with Gasteiger partial charge in [0.2, 0.25) is 5.91 Å². The van der Waals surface area contributed by atoms with Gasteiger partial charge in [0.1, 0.15) is 5.75 Å². The average molecular weight is 385 g/mol. The molecule has 1 aliphatic heterocycles. The number of anilines is 2. The van der Waals surface area contributed by atoms with Gasteiger partial charge in [-0.05, 0) is 31.2 Å². The maximum atomic E-state index is 12.4. The molecule has 2 amide bonds. The largest absolute Gasteiger partial charge is 0.490 e. The van der Waals surface area contributed by atoms with Crippen LogP contribution in [-0.2, 0) is 9.59 Å². The molecule has 0 aromatic heterocycles. The van der Waals surface area contributed by atoms with Gasteiger partial charge in [-0.25, -0.2) is 0 Å². The van der Waals surface area contributed by atoms with E-state index in [1.165, 1.54) is 30.2 Å². The number of nitro groups is 1. The van der Waals surface area contributed by atoms with E-state index in [-0.39, 0.29) is 41.9 Å². The zero-order chi connectivity index (χ0) is 20.3. The van der Waals surface area contributed by atoms with Gasteiger partial charge >= 0.3 is 5.69 Å². The molecule has 2 aromatic rings. The molecule has 1 heterocycles. The van der Waals surface area contributed by atoms with Crippen molar-refractivity contribution in [3.8, 4) is 11.5 Å². The molecule has 1 unspecified atom stereocenters. The van der Waals surface area contributed by atoms with Gasteiger partial charge in [-0.1, -0.05) is 12.1 Å². The van der Waals surface area contributed by atoms with Gasteiger partial charge in [0.15, 0.2) is 11.9 Å². The number of nitrogens with one attached hydrogen (secondary N) is 1. The van der Waals surface area contributed by atoms with Crippen molar-refractivity contribution in [1.29, 1.82) is 0 Å². The Bertz CT molecular complexity index is 930. The summed E-state index contributed by atoms with van der Waals surface area (Å²) in [6.45, 7) is 1.81. The number of amides is 2. The Hall–Kier alpha value is -3.62. The Morgan fingerprint density at radius 1 is 1.32 bits per heavy atom. The van der Waals surface area contributed by atoms with E-state index < -0.39 is 11.0 Å². The van der Waals surface area contributed by atoms with E-state index in [1.54, 1.807) is 25.1 Å². The first kappa shape index (κ1) is 19.2. The Kier molecular flexibility index (Phi) is 5.44. The van der Waals surface area contributed by atoms with Crippen LogP contribution < -0.4 is 19.7 Å². The van der Waals surface area contributed by atoms with Gasteiger partial charge in [-0.15, -0.1) is 0 Å². The summed E-state index contributed by atoms with van der Waals surface area (Å²) < 4.78 is 10.5. The lowest BCUT2D eigenvalue weighted by atomic mass is 10.1. The monoisotopic (exact) mass is 385 g/mol. The van der Waals surface area contributed by atoms with Gasteiger partial charge < -0.3 is 19.7 Å². The van der Waals surface area contributed by atoms with Gasteiger partial charge in [-0.3, -0.25) is 19.7 Å². The highest BCUT2D eigenvalue weighted by molar-refractivity contribution is 6.00. The van der Waals surface area contributed by atoms with Crippen LogP contribution in [0.3, 0.4) is 0 Å². The van der Waals surface area contributed by atoms with Crippen LogP contribution in [0, 0.1) is 10.1 Å². The third-order valence-corrected chi connectivity index (χ3v) is 4.30. The third kappa shape index (κ3) is 3.88. The molecule has 0 bridgehead atoms. The minimum atomic E-state index is -0.637. The molecule has 1 N–H and O–H groups in total. The Morgan fingerprint density at radius 2 is 2.07 bits per heavy atom. The van der Waals surface area contributed by atoms with E-state index in [0.29, 0.717) is 11.4 Å². The quantitative estimate of drug-likeness (QED) is 0.605. The van der Waals surface area contributed by atoms with Crippen LogP contribution in [-0.4, -0.2) is 36.5 Å². The van der Waals surface area contributed by atoms with E-state index in [2.05, 4.69) is 5.32 Å². The molecule has 0 saturated heterocycles. The van der Waals surface area contributed by atoms with Crippen molar-refractivity contribution in [3.63, 3.8) is 0 Å². The number of hydrogen-bond donors (Lipinski definition) is 1. The lowest BCUT2D eigenvalue weighted by Gasteiger charge is -2.32. The molecule has 9 heteroatoms. The van der Waals surface area contributed by atoms with Crippen LogP contribution in [0.5, 0.6) is 11.5 Å². The fraction of sp³-hybridized carbons (Fsp3) is 0.263. The zero-order valence-corrected chi connectivity index (χ0v) is 15.4. The standard InChI is InChI=1S/C19H19N3O6/c1-12-19(24)21(14-5-3-4-6-17(14)28-12)10-9-18(23)20-13-7-8-16(27-2)15(11-13)22(25)26/h3-8,11-12H,9-10H2,1-2H3,(H,20,23). The highest BCUT2D eigenvalue weighted by atomic mass is 16.6.